The Morgan fingerprint density at radius 3 is 1.73 bits per heavy atom. The second kappa shape index (κ2) is 10.1. The van der Waals surface area contributed by atoms with Crippen molar-refractivity contribution in [1.29, 1.82) is 0 Å². The molecule has 0 aromatic carbocycles. The monoisotopic (exact) mass is 218 g/mol. The van der Waals surface area contributed by atoms with Crippen molar-refractivity contribution in [2.75, 3.05) is 0 Å². The number of carboxylic acid groups (broad SMARTS) is 4. The van der Waals surface area contributed by atoms with Gasteiger partial charge in [-0.3, -0.25) is 0 Å². The van der Waals surface area contributed by atoms with Gasteiger partial charge in [0.05, 0.1) is 0 Å². The van der Waals surface area contributed by atoms with Gasteiger partial charge in [-0.1, -0.05) is 30.7 Å². The summed E-state index contributed by atoms with van der Waals surface area (Å²) in [5.41, 5.74) is 1.49. The van der Waals surface area contributed by atoms with Crippen LogP contribution in [0, 0.1) is 0 Å². The lowest BCUT2D eigenvalue weighted by Gasteiger charge is -1.84. The van der Waals surface area contributed by atoms with Crippen LogP contribution >= 0.6 is 0 Å². The molecule has 1 rings (SSSR count). The van der Waals surface area contributed by atoms with Gasteiger partial charge in [0.1, 0.15) is 0 Å². The van der Waals surface area contributed by atoms with E-state index in [1.54, 1.807) is 0 Å². The summed E-state index contributed by atoms with van der Waals surface area (Å²) in [6.45, 7) is 2.18. The molecule has 1 aliphatic carbocycles. The van der Waals surface area contributed by atoms with Crippen LogP contribution in [0.25, 0.3) is 0 Å². The number of hydrogen-bond acceptors (Lipinski definition) is 2. The van der Waals surface area contributed by atoms with E-state index in [-0.39, 0.29) is 0 Å². The first kappa shape index (κ1) is 15.5. The van der Waals surface area contributed by atoms with E-state index in [4.69, 9.17) is 30.0 Å². The summed E-state index contributed by atoms with van der Waals surface area (Å²) in [7, 11) is 0. The molecule has 0 aliphatic heterocycles. The Hall–Kier alpha value is -1.98. The van der Waals surface area contributed by atoms with E-state index in [2.05, 4.69) is 25.2 Å². The molecule has 0 saturated heterocycles. The summed E-state index contributed by atoms with van der Waals surface area (Å²) < 4.78 is 0. The molecule has 0 unspecified atom stereocenters. The van der Waals surface area contributed by atoms with Crippen molar-refractivity contribution in [3.05, 3.63) is 23.8 Å². The maximum Gasteiger partial charge on any atom is 0.503 e. The molecule has 0 fully saturated rings. The minimum absolute atomic E-state index is 1.16. The molecule has 0 spiro atoms. The largest absolute Gasteiger partial charge is 0.503 e. The Morgan fingerprint density at radius 2 is 1.60 bits per heavy atom. The normalized spacial score (nSPS) is 11.4. The van der Waals surface area contributed by atoms with Crippen LogP contribution in [0.3, 0.4) is 0 Å². The van der Waals surface area contributed by atoms with E-state index in [1.807, 2.05) is 0 Å². The highest BCUT2D eigenvalue weighted by Gasteiger charge is 1.90. The third kappa shape index (κ3) is 24.5. The van der Waals surface area contributed by atoms with Gasteiger partial charge in [-0.25, -0.2) is 9.59 Å². The van der Waals surface area contributed by atoms with Crippen molar-refractivity contribution in [2.45, 2.75) is 19.8 Å². The van der Waals surface area contributed by atoms with Crippen LogP contribution in [0.15, 0.2) is 23.8 Å². The molecule has 4 N–H and O–H groups in total. The molecule has 0 bridgehead atoms. The second-order valence-corrected chi connectivity index (χ2v) is 2.34. The van der Waals surface area contributed by atoms with Gasteiger partial charge in [-0.2, -0.15) is 0 Å². The molecule has 86 valence electrons. The van der Waals surface area contributed by atoms with Crippen LogP contribution in [0.1, 0.15) is 19.8 Å². The lowest BCUT2D eigenvalue weighted by molar-refractivity contribution is 0.135. The molecule has 0 aromatic rings. The number of allylic oxidation sites excluding steroid dienone is 4. The fourth-order valence-electron chi connectivity index (χ4n) is 0.769. The van der Waals surface area contributed by atoms with Crippen molar-refractivity contribution in [1.82, 2.24) is 0 Å². The third-order valence-corrected chi connectivity index (χ3v) is 1.26. The third-order valence-electron chi connectivity index (χ3n) is 1.26. The lowest BCUT2D eigenvalue weighted by Crippen LogP contribution is -1.81. The molecule has 15 heavy (non-hydrogen) atoms. The molecule has 0 atom stereocenters. The van der Waals surface area contributed by atoms with E-state index >= 15 is 0 Å². The van der Waals surface area contributed by atoms with Crippen LogP contribution in [0.5, 0.6) is 0 Å². The minimum atomic E-state index is -1.83. The first-order chi connectivity index (χ1) is 6.90. The topological polar surface area (TPSA) is 115 Å². The van der Waals surface area contributed by atoms with Gasteiger partial charge in [0.2, 0.25) is 0 Å². The molecular formula is C9H14O6. The van der Waals surface area contributed by atoms with E-state index in [1.165, 1.54) is 12.0 Å². The van der Waals surface area contributed by atoms with Gasteiger partial charge >= 0.3 is 12.3 Å². The zero-order valence-electron chi connectivity index (χ0n) is 8.25. The Balaban J connectivity index is 0. The molecule has 1 aliphatic rings. The van der Waals surface area contributed by atoms with Crippen LogP contribution in [-0.4, -0.2) is 32.7 Å². The van der Waals surface area contributed by atoms with Gasteiger partial charge in [0.25, 0.3) is 0 Å². The Kier molecular flexibility index (Phi) is 10.4. The molecule has 0 aromatic heterocycles. The van der Waals surface area contributed by atoms with Gasteiger partial charge < -0.3 is 20.4 Å². The van der Waals surface area contributed by atoms with E-state index < -0.39 is 12.3 Å². The summed E-state index contributed by atoms with van der Waals surface area (Å²) in [5, 5.41) is 27.9. The molecule has 6 nitrogen and oxygen atoms in total. The molecule has 0 amide bonds. The average Bonchev–Trinajstić information content (AvgIpc) is 2.52. The van der Waals surface area contributed by atoms with Gasteiger partial charge in [0, 0.05) is 0 Å². The summed E-state index contributed by atoms with van der Waals surface area (Å²) in [6.07, 6.45) is 5.33. The quantitative estimate of drug-likeness (QED) is 0.537. The Labute approximate surface area is 86.8 Å². The summed E-state index contributed by atoms with van der Waals surface area (Å²) in [5.74, 6) is 0. The highest BCUT2D eigenvalue weighted by atomic mass is 16.6. The Bertz CT molecular complexity index is 233. The maximum absolute atomic E-state index is 8.56. The van der Waals surface area contributed by atoms with Crippen LogP contribution < -0.4 is 0 Å². The predicted molar refractivity (Wildman–Crippen MR) is 53.4 cm³/mol. The van der Waals surface area contributed by atoms with Crippen LogP contribution in [-0.2, 0) is 0 Å². The van der Waals surface area contributed by atoms with Crippen LogP contribution in [0.4, 0.5) is 9.59 Å². The first-order valence-corrected chi connectivity index (χ1v) is 4.09. The van der Waals surface area contributed by atoms with E-state index in [9.17, 15) is 0 Å². The molecule has 0 saturated carbocycles. The number of hydrogen-bond donors (Lipinski definition) is 4. The number of carbonyl (C=O) groups is 2. The first-order valence-electron chi connectivity index (χ1n) is 4.09. The summed E-state index contributed by atoms with van der Waals surface area (Å²) in [6, 6.07) is 0. The summed E-state index contributed by atoms with van der Waals surface area (Å²) >= 11 is 0. The minimum Gasteiger partial charge on any atom is -0.450 e. The van der Waals surface area contributed by atoms with Crippen molar-refractivity contribution in [3.63, 3.8) is 0 Å². The van der Waals surface area contributed by atoms with Gasteiger partial charge in [-0.05, 0) is 12.8 Å². The zero-order chi connectivity index (χ0) is 12.3. The van der Waals surface area contributed by atoms with E-state index in [0.717, 1.165) is 6.42 Å². The standard InChI is InChI=1S/C7H10.2CH2O3/c1-2-7-5-3-4-6-7;2*2-1(3)4/h3,5-6H,2,4H2,1H3;2*(H2,2,3,4). The van der Waals surface area contributed by atoms with E-state index in [0.29, 0.717) is 0 Å². The SMILES string of the molecule is CCC1=CCC=C1.O=C(O)O.O=C(O)O. The predicted octanol–water partition coefficient (Wildman–Crippen LogP) is 2.73. The molecular weight excluding hydrogens is 204 g/mol. The van der Waals surface area contributed by atoms with Gasteiger partial charge in [-0.15, -0.1) is 0 Å². The highest BCUT2D eigenvalue weighted by Crippen LogP contribution is 2.10. The fraction of sp³-hybridized carbons (Fsp3) is 0.333. The summed E-state index contributed by atoms with van der Waals surface area (Å²) in [4.78, 5) is 17.1. The molecule has 0 radical (unpaired) electrons. The molecule has 6 heteroatoms. The number of rotatable bonds is 1. The second-order valence-electron chi connectivity index (χ2n) is 2.34. The van der Waals surface area contributed by atoms with Crippen molar-refractivity contribution in [2.24, 2.45) is 0 Å². The zero-order valence-corrected chi connectivity index (χ0v) is 8.25. The van der Waals surface area contributed by atoms with Crippen LogP contribution in [0.2, 0.25) is 0 Å². The van der Waals surface area contributed by atoms with Gasteiger partial charge in [0.15, 0.2) is 0 Å². The van der Waals surface area contributed by atoms with Crippen molar-refractivity contribution >= 4 is 12.3 Å². The van der Waals surface area contributed by atoms with Crippen molar-refractivity contribution < 1.29 is 30.0 Å². The highest BCUT2D eigenvalue weighted by molar-refractivity contribution is 5.53. The smallest absolute Gasteiger partial charge is 0.450 e. The van der Waals surface area contributed by atoms with Crippen molar-refractivity contribution in [3.8, 4) is 0 Å². The molecule has 0 heterocycles. The lowest BCUT2D eigenvalue weighted by atomic mass is 10.2. The maximum atomic E-state index is 8.56. The Morgan fingerprint density at radius 1 is 1.20 bits per heavy atom. The fourth-order valence-corrected chi connectivity index (χ4v) is 0.769. The average molecular weight is 218 g/mol.